The molecule has 0 radical (unpaired) electrons. The highest BCUT2D eigenvalue weighted by atomic mass is 32.2. The minimum Gasteiger partial charge on any atom is -0.477 e. The third-order valence-corrected chi connectivity index (χ3v) is 6.74. The second-order valence-corrected chi connectivity index (χ2v) is 9.08. The number of nitrogens with one attached hydrogen (secondary N) is 2. The number of aliphatic carboxylic acids is 1. The molecule has 2 aliphatic rings. The first-order valence-corrected chi connectivity index (χ1v) is 11.3. The Balaban J connectivity index is 2.14. The summed E-state index contributed by atoms with van der Waals surface area (Å²) in [5, 5.41) is 33.8. The molecule has 1 saturated heterocycles. The molecule has 2 aliphatic heterocycles. The van der Waals surface area contributed by atoms with Gasteiger partial charge in [-0.1, -0.05) is 0 Å². The average molecular weight is 468 g/mol. The summed E-state index contributed by atoms with van der Waals surface area (Å²) in [7, 11) is 0. The van der Waals surface area contributed by atoms with E-state index < -0.39 is 59.8 Å². The standard InChI is InChI=1S/C20H29N5O6S/c1-9(22)17(27)24-10(2)18(28)23-7-5-12-14-13(11(3)26)19(29)25(14)15(20(30)31)16(12)32-8-4-6-21/h9-14,26H,4-5,7-8,22H2,1-3H3,(H,23,28)(H,24,27)(H,30,31)/t9-,10-,11+,12+,13+,14?/m0/s1. The minimum absolute atomic E-state index is 0.117. The molecule has 176 valence electrons. The highest BCUT2D eigenvalue weighted by Gasteiger charge is 2.60. The Morgan fingerprint density at radius 2 is 1.94 bits per heavy atom. The van der Waals surface area contributed by atoms with Gasteiger partial charge in [0.1, 0.15) is 11.7 Å². The van der Waals surface area contributed by atoms with Gasteiger partial charge in [0, 0.05) is 29.5 Å². The lowest BCUT2D eigenvalue weighted by Gasteiger charge is -2.47. The van der Waals surface area contributed by atoms with Crippen LogP contribution in [0.2, 0.25) is 0 Å². The van der Waals surface area contributed by atoms with E-state index in [2.05, 4.69) is 10.6 Å². The SMILES string of the molecule is C[C@H](N)C(=O)N[C@@H](C)C(=O)NCC[C@H]1C(SCCC#N)=C(C(=O)O)N2C(=O)[C@H]([C@@H](C)O)C12. The van der Waals surface area contributed by atoms with Gasteiger partial charge in [-0.2, -0.15) is 5.26 Å². The number of β-lactam (4-membered cyclic amide) rings is 1. The maximum Gasteiger partial charge on any atom is 0.353 e. The van der Waals surface area contributed by atoms with Crippen LogP contribution in [-0.2, 0) is 19.2 Å². The molecule has 0 bridgehead atoms. The van der Waals surface area contributed by atoms with Crippen molar-refractivity contribution in [3.8, 4) is 6.07 Å². The fourth-order valence-electron chi connectivity index (χ4n) is 3.97. The van der Waals surface area contributed by atoms with Gasteiger partial charge in [-0.15, -0.1) is 11.8 Å². The van der Waals surface area contributed by atoms with E-state index in [1.165, 1.54) is 37.4 Å². The Labute approximate surface area is 190 Å². The smallest absolute Gasteiger partial charge is 0.353 e. The largest absolute Gasteiger partial charge is 0.477 e. The minimum atomic E-state index is -1.24. The van der Waals surface area contributed by atoms with E-state index >= 15 is 0 Å². The lowest BCUT2D eigenvalue weighted by molar-refractivity contribution is -0.163. The number of nitrogens with two attached hydrogens (primary N) is 1. The summed E-state index contributed by atoms with van der Waals surface area (Å²) < 4.78 is 0. The quantitative estimate of drug-likeness (QED) is 0.190. The second-order valence-electron chi connectivity index (χ2n) is 7.94. The van der Waals surface area contributed by atoms with Crippen LogP contribution in [0.1, 0.15) is 33.6 Å². The summed E-state index contributed by atoms with van der Waals surface area (Å²) in [6, 6.07) is -0.0769. The van der Waals surface area contributed by atoms with E-state index in [0.717, 1.165) is 0 Å². The van der Waals surface area contributed by atoms with E-state index in [9.17, 15) is 29.4 Å². The summed E-state index contributed by atoms with van der Waals surface area (Å²) in [6.45, 7) is 4.68. The molecule has 1 unspecified atom stereocenters. The van der Waals surface area contributed by atoms with Gasteiger partial charge >= 0.3 is 5.97 Å². The van der Waals surface area contributed by atoms with Crippen molar-refractivity contribution in [2.24, 2.45) is 17.6 Å². The molecule has 6 N–H and O–H groups in total. The number of amides is 3. The van der Waals surface area contributed by atoms with Crippen LogP contribution in [0.4, 0.5) is 0 Å². The fourth-order valence-corrected chi connectivity index (χ4v) is 5.18. The number of carbonyl (C=O) groups is 4. The number of nitrogens with zero attached hydrogens (tertiary/aromatic N) is 2. The molecule has 2 rings (SSSR count). The number of carbonyl (C=O) groups excluding carboxylic acids is 3. The van der Waals surface area contributed by atoms with Crippen molar-refractivity contribution in [1.82, 2.24) is 15.5 Å². The van der Waals surface area contributed by atoms with Gasteiger partial charge in [0.25, 0.3) is 0 Å². The topological polar surface area (TPSA) is 186 Å². The van der Waals surface area contributed by atoms with Gasteiger partial charge in [-0.05, 0) is 27.2 Å². The number of fused-ring (bicyclic) bond motifs is 1. The van der Waals surface area contributed by atoms with Crippen molar-refractivity contribution < 1.29 is 29.4 Å². The predicted octanol–water partition coefficient (Wildman–Crippen LogP) is -0.875. The monoisotopic (exact) mass is 467 g/mol. The number of aliphatic hydroxyl groups is 1. The van der Waals surface area contributed by atoms with Gasteiger partial charge in [-0.3, -0.25) is 14.4 Å². The molecule has 1 fully saturated rings. The van der Waals surface area contributed by atoms with Crippen LogP contribution in [0.25, 0.3) is 0 Å². The zero-order chi connectivity index (χ0) is 24.2. The molecule has 11 nitrogen and oxygen atoms in total. The van der Waals surface area contributed by atoms with Gasteiger partial charge in [0.2, 0.25) is 17.7 Å². The zero-order valence-corrected chi connectivity index (χ0v) is 19.0. The van der Waals surface area contributed by atoms with Crippen molar-refractivity contribution >= 4 is 35.5 Å². The molecule has 0 saturated carbocycles. The summed E-state index contributed by atoms with van der Waals surface area (Å²) >= 11 is 1.21. The first-order valence-electron chi connectivity index (χ1n) is 10.3. The molecule has 0 spiro atoms. The van der Waals surface area contributed by atoms with E-state index in [0.29, 0.717) is 17.1 Å². The molecule has 3 amide bonds. The normalized spacial score (nSPS) is 24.7. The van der Waals surface area contributed by atoms with E-state index in [1.807, 2.05) is 6.07 Å². The molecule has 0 aromatic rings. The Hall–Kier alpha value is -2.62. The van der Waals surface area contributed by atoms with Crippen molar-refractivity contribution in [3.05, 3.63) is 10.6 Å². The second kappa shape index (κ2) is 10.8. The number of carboxylic acids is 1. The van der Waals surface area contributed by atoms with Crippen LogP contribution in [0, 0.1) is 23.2 Å². The van der Waals surface area contributed by atoms with Crippen LogP contribution >= 0.6 is 11.8 Å². The first-order chi connectivity index (χ1) is 15.0. The van der Waals surface area contributed by atoms with Crippen LogP contribution in [0.3, 0.4) is 0 Å². The summed E-state index contributed by atoms with van der Waals surface area (Å²) in [5.74, 6) is -3.35. The Kier molecular flexibility index (Phi) is 8.65. The van der Waals surface area contributed by atoms with Gasteiger partial charge in [-0.25, -0.2) is 4.79 Å². The number of nitriles is 1. The van der Waals surface area contributed by atoms with Crippen LogP contribution in [-0.4, -0.2) is 75.3 Å². The van der Waals surface area contributed by atoms with Crippen molar-refractivity contribution in [2.75, 3.05) is 12.3 Å². The average Bonchev–Trinajstić information content (AvgIpc) is 2.97. The number of thioether (sulfide) groups is 1. The van der Waals surface area contributed by atoms with E-state index in [1.54, 1.807) is 0 Å². The molecule has 6 atom stereocenters. The molecule has 32 heavy (non-hydrogen) atoms. The van der Waals surface area contributed by atoms with E-state index in [-0.39, 0.29) is 18.7 Å². The predicted molar refractivity (Wildman–Crippen MR) is 116 cm³/mol. The van der Waals surface area contributed by atoms with Gasteiger partial charge in [0.15, 0.2) is 0 Å². The third kappa shape index (κ3) is 5.23. The van der Waals surface area contributed by atoms with Gasteiger partial charge in [0.05, 0.1) is 30.2 Å². The molecular formula is C20H29N5O6S. The fraction of sp³-hybridized carbons (Fsp3) is 0.650. The molecule has 2 heterocycles. The van der Waals surface area contributed by atoms with Crippen LogP contribution in [0.5, 0.6) is 0 Å². The first kappa shape index (κ1) is 25.6. The number of rotatable bonds is 11. The molecule has 12 heteroatoms. The summed E-state index contributed by atoms with van der Waals surface area (Å²) in [5.41, 5.74) is 5.36. The summed E-state index contributed by atoms with van der Waals surface area (Å²) in [6.07, 6.45) is -0.421. The number of carboxylic acid groups (broad SMARTS) is 1. The Morgan fingerprint density at radius 3 is 2.47 bits per heavy atom. The van der Waals surface area contributed by atoms with Crippen molar-refractivity contribution in [1.29, 1.82) is 5.26 Å². The van der Waals surface area contributed by atoms with Crippen LogP contribution < -0.4 is 16.4 Å². The third-order valence-electron chi connectivity index (χ3n) is 5.53. The molecule has 0 aromatic heterocycles. The van der Waals surface area contributed by atoms with Crippen LogP contribution in [0.15, 0.2) is 10.6 Å². The highest BCUT2D eigenvalue weighted by Crippen LogP contribution is 2.51. The van der Waals surface area contributed by atoms with Crippen molar-refractivity contribution in [3.63, 3.8) is 0 Å². The summed E-state index contributed by atoms with van der Waals surface area (Å²) in [4.78, 5) is 50.1. The lowest BCUT2D eigenvalue weighted by Crippen LogP contribution is -2.64. The molecule has 0 aromatic carbocycles. The lowest BCUT2D eigenvalue weighted by atomic mass is 9.77. The van der Waals surface area contributed by atoms with Crippen molar-refractivity contribution in [2.45, 2.75) is 57.8 Å². The zero-order valence-electron chi connectivity index (χ0n) is 18.2. The highest BCUT2D eigenvalue weighted by molar-refractivity contribution is 8.03. The number of hydrogen-bond donors (Lipinski definition) is 5. The molecule has 0 aliphatic carbocycles. The number of hydrogen-bond acceptors (Lipinski definition) is 8. The van der Waals surface area contributed by atoms with Gasteiger partial charge < -0.3 is 31.5 Å². The Morgan fingerprint density at radius 1 is 1.28 bits per heavy atom. The molecular weight excluding hydrogens is 438 g/mol. The maximum absolute atomic E-state index is 12.5. The maximum atomic E-state index is 12.5. The number of aliphatic hydroxyl groups excluding tert-OH is 1. The Bertz CT molecular complexity index is 852. The van der Waals surface area contributed by atoms with E-state index in [4.69, 9.17) is 11.0 Å².